The quantitative estimate of drug-likeness (QED) is 0.713. The van der Waals surface area contributed by atoms with E-state index in [0.717, 1.165) is 16.8 Å². The molecule has 0 aliphatic rings. The number of amides is 1. The van der Waals surface area contributed by atoms with E-state index in [2.05, 4.69) is 5.32 Å². The number of ether oxygens (including phenoxy) is 1. The lowest BCUT2D eigenvalue weighted by atomic mass is 10.1. The first-order chi connectivity index (χ1) is 9.08. The summed E-state index contributed by atoms with van der Waals surface area (Å²) in [5.41, 5.74) is 2.90. The van der Waals surface area contributed by atoms with Gasteiger partial charge in [-0.1, -0.05) is 12.1 Å². The molecule has 5 heteroatoms. The highest BCUT2D eigenvalue weighted by Crippen LogP contribution is 2.19. The second kappa shape index (κ2) is 7.76. The molecule has 1 amide bonds. The van der Waals surface area contributed by atoms with Crippen LogP contribution >= 0.6 is 0 Å². The molecule has 19 heavy (non-hydrogen) atoms. The van der Waals surface area contributed by atoms with E-state index in [-0.39, 0.29) is 12.5 Å². The van der Waals surface area contributed by atoms with E-state index in [4.69, 9.17) is 9.84 Å². The van der Waals surface area contributed by atoms with Crippen molar-refractivity contribution in [2.45, 2.75) is 13.5 Å². The van der Waals surface area contributed by atoms with Crippen molar-refractivity contribution in [3.63, 3.8) is 0 Å². The number of carbonyl (C=O) groups is 1. The number of benzene rings is 1. The lowest BCUT2D eigenvalue weighted by Crippen LogP contribution is -2.36. The van der Waals surface area contributed by atoms with Crippen LogP contribution in [0.4, 0.5) is 5.69 Å². The third kappa shape index (κ3) is 4.89. The van der Waals surface area contributed by atoms with Crippen molar-refractivity contribution in [3.8, 4) is 0 Å². The minimum Gasteiger partial charge on any atom is -0.392 e. The minimum atomic E-state index is -0.0369. The van der Waals surface area contributed by atoms with Gasteiger partial charge in [0, 0.05) is 26.4 Å². The molecular formula is C14H22N2O3. The van der Waals surface area contributed by atoms with Crippen LogP contribution < -0.4 is 10.2 Å². The smallest absolute Gasteiger partial charge is 0.239 e. The predicted molar refractivity (Wildman–Crippen MR) is 75.3 cm³/mol. The van der Waals surface area contributed by atoms with E-state index in [1.54, 1.807) is 7.11 Å². The number of methoxy groups -OCH3 is 1. The Labute approximate surface area is 114 Å². The highest BCUT2D eigenvalue weighted by atomic mass is 16.5. The Morgan fingerprint density at radius 2 is 2.21 bits per heavy atom. The molecule has 5 nitrogen and oxygen atoms in total. The molecule has 0 aromatic heterocycles. The summed E-state index contributed by atoms with van der Waals surface area (Å²) in [5, 5.41) is 11.8. The molecule has 0 heterocycles. The van der Waals surface area contributed by atoms with Gasteiger partial charge in [-0.3, -0.25) is 4.79 Å². The molecule has 0 saturated carbocycles. The fourth-order valence-corrected chi connectivity index (χ4v) is 1.89. The highest BCUT2D eigenvalue weighted by Gasteiger charge is 2.09. The van der Waals surface area contributed by atoms with Gasteiger partial charge in [0.2, 0.25) is 5.91 Å². The Kier molecular flexibility index (Phi) is 6.32. The van der Waals surface area contributed by atoms with Gasteiger partial charge in [0.1, 0.15) is 0 Å². The second-order valence-corrected chi connectivity index (χ2v) is 4.48. The summed E-state index contributed by atoms with van der Waals surface area (Å²) in [5.74, 6) is -0.0369. The molecule has 106 valence electrons. The van der Waals surface area contributed by atoms with Crippen LogP contribution in [0.2, 0.25) is 0 Å². The van der Waals surface area contributed by atoms with E-state index in [0.29, 0.717) is 19.7 Å². The molecular weight excluding hydrogens is 244 g/mol. The summed E-state index contributed by atoms with van der Waals surface area (Å²) in [4.78, 5) is 13.6. The third-order valence-corrected chi connectivity index (χ3v) is 2.86. The predicted octanol–water partition coefficient (Wildman–Crippen LogP) is 0.686. The fourth-order valence-electron chi connectivity index (χ4n) is 1.89. The highest BCUT2D eigenvalue weighted by molar-refractivity contribution is 5.81. The van der Waals surface area contributed by atoms with Crippen molar-refractivity contribution < 1.29 is 14.6 Å². The largest absolute Gasteiger partial charge is 0.392 e. The molecule has 0 fully saturated rings. The van der Waals surface area contributed by atoms with Crippen molar-refractivity contribution in [2.75, 3.05) is 38.8 Å². The third-order valence-electron chi connectivity index (χ3n) is 2.86. The van der Waals surface area contributed by atoms with Crippen molar-refractivity contribution in [3.05, 3.63) is 29.3 Å². The molecule has 0 bridgehead atoms. The van der Waals surface area contributed by atoms with Gasteiger partial charge in [0.25, 0.3) is 0 Å². The molecule has 1 aromatic rings. The summed E-state index contributed by atoms with van der Waals surface area (Å²) in [6.07, 6.45) is 0. The first kappa shape index (κ1) is 15.5. The zero-order valence-electron chi connectivity index (χ0n) is 11.8. The maximum absolute atomic E-state index is 11.7. The van der Waals surface area contributed by atoms with Gasteiger partial charge in [-0.15, -0.1) is 0 Å². The number of nitrogens with zero attached hydrogens (tertiary/aromatic N) is 1. The monoisotopic (exact) mass is 266 g/mol. The molecule has 0 aliphatic carbocycles. The van der Waals surface area contributed by atoms with Crippen molar-refractivity contribution in [1.29, 1.82) is 0 Å². The Hall–Kier alpha value is -1.59. The standard InChI is InChI=1S/C14H22N2O3/c1-11-8-12(10-17)4-5-13(11)16(2)9-14(18)15-6-7-19-3/h4-5,8,17H,6-7,9-10H2,1-3H3,(H,15,18). The van der Waals surface area contributed by atoms with Crippen LogP contribution in [0.25, 0.3) is 0 Å². The van der Waals surface area contributed by atoms with E-state index in [1.165, 1.54) is 0 Å². The van der Waals surface area contributed by atoms with Gasteiger partial charge in [0.15, 0.2) is 0 Å². The Morgan fingerprint density at radius 3 is 2.79 bits per heavy atom. The molecule has 0 radical (unpaired) electrons. The van der Waals surface area contributed by atoms with Gasteiger partial charge < -0.3 is 20.1 Å². The van der Waals surface area contributed by atoms with Crippen LogP contribution in [0.3, 0.4) is 0 Å². The number of hydrogen-bond donors (Lipinski definition) is 2. The first-order valence-electron chi connectivity index (χ1n) is 6.25. The number of likely N-dealkylation sites (N-methyl/N-ethyl adjacent to an activating group) is 1. The van der Waals surface area contributed by atoms with Gasteiger partial charge >= 0.3 is 0 Å². The Morgan fingerprint density at radius 1 is 1.47 bits per heavy atom. The summed E-state index contributed by atoms with van der Waals surface area (Å²) < 4.78 is 4.87. The van der Waals surface area contributed by atoms with E-state index in [9.17, 15) is 4.79 Å². The number of anilines is 1. The van der Waals surface area contributed by atoms with Crippen LogP contribution in [0, 0.1) is 6.92 Å². The topological polar surface area (TPSA) is 61.8 Å². The normalized spacial score (nSPS) is 10.3. The average Bonchev–Trinajstić information content (AvgIpc) is 2.38. The number of nitrogens with one attached hydrogen (secondary N) is 1. The number of aliphatic hydroxyl groups is 1. The van der Waals surface area contributed by atoms with Gasteiger partial charge in [-0.25, -0.2) is 0 Å². The van der Waals surface area contributed by atoms with Gasteiger partial charge in [-0.05, 0) is 24.1 Å². The Bertz CT molecular complexity index is 421. The molecule has 2 N–H and O–H groups in total. The van der Waals surface area contributed by atoms with Gasteiger partial charge in [0.05, 0.1) is 19.8 Å². The average molecular weight is 266 g/mol. The van der Waals surface area contributed by atoms with Crippen molar-refractivity contribution >= 4 is 11.6 Å². The number of aliphatic hydroxyl groups excluding tert-OH is 1. The second-order valence-electron chi connectivity index (χ2n) is 4.48. The number of carbonyl (C=O) groups excluding carboxylic acids is 1. The van der Waals surface area contributed by atoms with Crippen LogP contribution in [-0.4, -0.2) is 44.9 Å². The summed E-state index contributed by atoms with van der Waals surface area (Å²) in [6.45, 7) is 3.32. The maximum atomic E-state index is 11.7. The summed E-state index contributed by atoms with van der Waals surface area (Å²) in [7, 11) is 3.47. The van der Waals surface area contributed by atoms with Crippen molar-refractivity contribution in [2.24, 2.45) is 0 Å². The molecule has 0 spiro atoms. The maximum Gasteiger partial charge on any atom is 0.239 e. The van der Waals surface area contributed by atoms with Crippen LogP contribution in [0.15, 0.2) is 18.2 Å². The molecule has 0 unspecified atom stereocenters. The molecule has 1 rings (SSSR count). The van der Waals surface area contributed by atoms with Crippen molar-refractivity contribution in [1.82, 2.24) is 5.32 Å². The van der Waals surface area contributed by atoms with Crippen LogP contribution in [0.1, 0.15) is 11.1 Å². The fraction of sp³-hybridized carbons (Fsp3) is 0.500. The lowest BCUT2D eigenvalue weighted by Gasteiger charge is -2.21. The van der Waals surface area contributed by atoms with E-state index in [1.807, 2.05) is 37.1 Å². The molecule has 1 aromatic carbocycles. The van der Waals surface area contributed by atoms with Crippen LogP contribution in [-0.2, 0) is 16.1 Å². The van der Waals surface area contributed by atoms with Gasteiger partial charge in [-0.2, -0.15) is 0 Å². The Balaban J connectivity index is 2.57. The van der Waals surface area contributed by atoms with Crippen LogP contribution in [0.5, 0.6) is 0 Å². The first-order valence-corrected chi connectivity index (χ1v) is 6.25. The molecule has 0 saturated heterocycles. The number of hydrogen-bond acceptors (Lipinski definition) is 4. The van der Waals surface area contributed by atoms with E-state index < -0.39 is 0 Å². The minimum absolute atomic E-state index is 0.0301. The SMILES string of the molecule is COCCNC(=O)CN(C)c1ccc(CO)cc1C. The summed E-state index contributed by atoms with van der Waals surface area (Å²) in [6, 6.07) is 5.71. The zero-order chi connectivity index (χ0) is 14.3. The summed E-state index contributed by atoms with van der Waals surface area (Å²) >= 11 is 0. The zero-order valence-corrected chi connectivity index (χ0v) is 11.8. The van der Waals surface area contributed by atoms with E-state index >= 15 is 0 Å². The number of rotatable bonds is 7. The molecule has 0 atom stereocenters. The number of aryl methyl sites for hydroxylation is 1. The lowest BCUT2D eigenvalue weighted by molar-refractivity contribution is -0.119. The molecule has 0 aliphatic heterocycles.